The number of nitrogens with one attached hydrogen (secondary N) is 1. The van der Waals surface area contributed by atoms with Crippen molar-refractivity contribution in [2.75, 3.05) is 19.7 Å². The molecule has 0 bridgehead atoms. The summed E-state index contributed by atoms with van der Waals surface area (Å²) in [6, 6.07) is 0. The minimum atomic E-state index is 0.646. The first-order chi connectivity index (χ1) is 7.35. The van der Waals surface area contributed by atoms with Crippen LogP contribution in [-0.2, 0) is 4.84 Å². The largest absolute Gasteiger partial charge is 0.394 e. The molecule has 0 amide bonds. The zero-order chi connectivity index (χ0) is 11.4. The van der Waals surface area contributed by atoms with Gasteiger partial charge in [-0.15, -0.1) is 0 Å². The smallest absolute Gasteiger partial charge is 0.154 e. The van der Waals surface area contributed by atoms with E-state index in [-0.39, 0.29) is 0 Å². The second-order valence-corrected chi connectivity index (χ2v) is 3.60. The zero-order valence-electron chi connectivity index (χ0n) is 9.91. The second kappa shape index (κ2) is 11.2. The van der Waals surface area contributed by atoms with Crippen LogP contribution in [0.25, 0.3) is 0 Å². The molecule has 1 fully saturated rings. The molecule has 0 aliphatic carbocycles. The molecule has 1 N–H and O–H groups in total. The topological polar surface area (TPSA) is 46.0 Å². The zero-order valence-corrected chi connectivity index (χ0v) is 9.91. The third kappa shape index (κ3) is 9.41. The van der Waals surface area contributed by atoms with E-state index >= 15 is 0 Å². The first kappa shape index (κ1) is 14.1. The highest BCUT2D eigenvalue weighted by molar-refractivity contribution is 5.61. The van der Waals surface area contributed by atoms with Crippen LogP contribution < -0.4 is 5.32 Å². The number of hydrogen-bond acceptors (Lipinski definition) is 3. The van der Waals surface area contributed by atoms with Gasteiger partial charge in [-0.2, -0.15) is 0 Å². The summed E-state index contributed by atoms with van der Waals surface area (Å²) in [6.07, 6.45) is 4.93. The number of hydrogen-bond donors (Lipinski definition) is 1. The number of piperidine rings is 1. The lowest BCUT2D eigenvalue weighted by molar-refractivity contribution is 0.0953. The summed E-state index contributed by atoms with van der Waals surface area (Å²) in [5.74, 6) is 0.646. The lowest BCUT2D eigenvalue weighted by Crippen LogP contribution is -2.29. The van der Waals surface area contributed by atoms with Gasteiger partial charge < -0.3 is 10.2 Å². The van der Waals surface area contributed by atoms with E-state index in [0.29, 0.717) is 12.5 Å². The average molecular weight is 213 g/mol. The van der Waals surface area contributed by atoms with Gasteiger partial charge in [0.25, 0.3) is 0 Å². The lowest BCUT2D eigenvalue weighted by Gasteiger charge is -2.20. The van der Waals surface area contributed by atoms with Gasteiger partial charge in [0.05, 0.1) is 0 Å². The van der Waals surface area contributed by atoms with E-state index in [4.69, 9.17) is 4.84 Å². The van der Waals surface area contributed by atoms with Crippen LogP contribution in [0, 0.1) is 5.92 Å². The van der Waals surface area contributed by atoms with Gasteiger partial charge in [0, 0.05) is 0 Å². The quantitative estimate of drug-likeness (QED) is 0.441. The van der Waals surface area contributed by atoms with Crippen LogP contribution in [0.2, 0.25) is 0 Å². The van der Waals surface area contributed by atoms with Gasteiger partial charge in [-0.3, -0.25) is 0 Å². The molecule has 0 radical (unpaired) electrons. The van der Waals surface area contributed by atoms with E-state index < -0.39 is 0 Å². The summed E-state index contributed by atoms with van der Waals surface area (Å²) in [4.78, 5) is 8.46. The molecule has 15 heavy (non-hydrogen) atoms. The van der Waals surface area contributed by atoms with Gasteiger partial charge in [0.1, 0.15) is 6.61 Å². The van der Waals surface area contributed by atoms with E-state index in [0.717, 1.165) is 13.1 Å². The molecule has 1 saturated heterocycles. The SMILES string of the molecule is C=N/C=N\OCC1CCNCC1.CCC. The van der Waals surface area contributed by atoms with Crippen LogP contribution in [0.4, 0.5) is 0 Å². The fraction of sp³-hybridized carbons (Fsp3) is 0.818. The van der Waals surface area contributed by atoms with E-state index in [1.807, 2.05) is 0 Å². The Morgan fingerprint density at radius 3 is 2.53 bits per heavy atom. The van der Waals surface area contributed by atoms with E-state index in [1.54, 1.807) is 0 Å². The maximum Gasteiger partial charge on any atom is 0.154 e. The van der Waals surface area contributed by atoms with Gasteiger partial charge in [-0.25, -0.2) is 4.99 Å². The minimum absolute atomic E-state index is 0.646. The van der Waals surface area contributed by atoms with Crippen molar-refractivity contribution in [1.29, 1.82) is 0 Å². The van der Waals surface area contributed by atoms with Crippen LogP contribution >= 0.6 is 0 Å². The Hall–Kier alpha value is -0.900. The van der Waals surface area contributed by atoms with Crippen molar-refractivity contribution in [3.63, 3.8) is 0 Å². The summed E-state index contributed by atoms with van der Waals surface area (Å²) in [5, 5.41) is 6.90. The van der Waals surface area contributed by atoms with Crippen LogP contribution in [0.1, 0.15) is 33.1 Å². The second-order valence-electron chi connectivity index (χ2n) is 3.60. The van der Waals surface area contributed by atoms with E-state index in [9.17, 15) is 0 Å². The molecular weight excluding hydrogens is 190 g/mol. The Bertz CT molecular complexity index is 165. The van der Waals surface area contributed by atoms with Crippen molar-refractivity contribution >= 4 is 13.1 Å². The molecule has 0 unspecified atom stereocenters. The summed E-state index contributed by atoms with van der Waals surface area (Å²) < 4.78 is 0. The average Bonchev–Trinajstić information content (AvgIpc) is 2.27. The van der Waals surface area contributed by atoms with Crippen molar-refractivity contribution in [3.8, 4) is 0 Å². The standard InChI is InChI=1S/C8H15N3O.C3H8/c1-9-7-11-12-6-8-2-4-10-5-3-8;1-3-2/h7-8,10H,1-6H2;3H2,1-2H3/b11-7-;. The maximum absolute atomic E-state index is 5.02. The van der Waals surface area contributed by atoms with Gasteiger partial charge in [-0.05, 0) is 38.6 Å². The third-order valence-electron chi connectivity index (χ3n) is 1.97. The van der Waals surface area contributed by atoms with Crippen molar-refractivity contribution in [2.45, 2.75) is 33.1 Å². The monoisotopic (exact) mass is 213 g/mol. The normalized spacial score (nSPS) is 16.9. The van der Waals surface area contributed by atoms with Gasteiger partial charge in [-0.1, -0.05) is 25.4 Å². The highest BCUT2D eigenvalue weighted by Crippen LogP contribution is 2.11. The fourth-order valence-electron chi connectivity index (χ4n) is 1.26. The lowest BCUT2D eigenvalue weighted by atomic mass is 10.00. The minimum Gasteiger partial charge on any atom is -0.394 e. The van der Waals surface area contributed by atoms with Crippen molar-refractivity contribution in [2.24, 2.45) is 16.1 Å². The molecule has 88 valence electrons. The third-order valence-corrected chi connectivity index (χ3v) is 1.97. The molecule has 0 aromatic heterocycles. The summed E-state index contributed by atoms with van der Waals surface area (Å²) >= 11 is 0. The maximum atomic E-state index is 5.02. The molecular formula is C11H23N3O. The number of oxime groups is 1. The first-order valence-electron chi connectivity index (χ1n) is 5.65. The highest BCUT2D eigenvalue weighted by Gasteiger charge is 2.12. The molecule has 0 aromatic rings. The summed E-state index contributed by atoms with van der Waals surface area (Å²) in [5.41, 5.74) is 0. The molecule has 0 aromatic carbocycles. The van der Waals surface area contributed by atoms with Crippen LogP contribution in [0.3, 0.4) is 0 Å². The Labute approximate surface area is 92.8 Å². The highest BCUT2D eigenvalue weighted by atomic mass is 16.6. The fourth-order valence-corrected chi connectivity index (χ4v) is 1.26. The predicted octanol–water partition coefficient (Wildman–Crippen LogP) is 2.06. The van der Waals surface area contributed by atoms with Crippen molar-refractivity contribution in [3.05, 3.63) is 0 Å². The van der Waals surface area contributed by atoms with Gasteiger partial charge in [0.15, 0.2) is 6.34 Å². The molecule has 1 aliphatic rings. The molecule has 1 aliphatic heterocycles. The Morgan fingerprint density at radius 1 is 1.40 bits per heavy atom. The molecule has 0 saturated carbocycles. The molecule has 4 nitrogen and oxygen atoms in total. The van der Waals surface area contributed by atoms with Crippen LogP contribution in [-0.4, -0.2) is 32.8 Å². The number of nitrogens with zero attached hydrogens (tertiary/aromatic N) is 2. The molecule has 1 heterocycles. The Morgan fingerprint density at radius 2 is 2.00 bits per heavy atom. The van der Waals surface area contributed by atoms with Crippen LogP contribution in [0.5, 0.6) is 0 Å². The van der Waals surface area contributed by atoms with Gasteiger partial charge in [0.2, 0.25) is 0 Å². The molecule has 0 atom stereocenters. The Balaban J connectivity index is 0.000000583. The summed E-state index contributed by atoms with van der Waals surface area (Å²) in [6.45, 7) is 10.4. The van der Waals surface area contributed by atoms with E-state index in [1.165, 1.54) is 25.6 Å². The van der Waals surface area contributed by atoms with Gasteiger partial charge >= 0.3 is 0 Å². The number of rotatable bonds is 4. The van der Waals surface area contributed by atoms with Crippen molar-refractivity contribution < 1.29 is 4.84 Å². The van der Waals surface area contributed by atoms with Crippen molar-refractivity contribution in [1.82, 2.24) is 5.32 Å². The molecule has 4 heteroatoms. The Kier molecular flexibility index (Phi) is 10.5. The molecule has 0 spiro atoms. The van der Waals surface area contributed by atoms with E-state index in [2.05, 4.69) is 36.0 Å². The predicted molar refractivity (Wildman–Crippen MR) is 65.6 cm³/mol. The van der Waals surface area contributed by atoms with Crippen LogP contribution in [0.15, 0.2) is 10.1 Å². The summed E-state index contributed by atoms with van der Waals surface area (Å²) in [7, 11) is 0. The first-order valence-corrected chi connectivity index (χ1v) is 5.65. The number of aliphatic imine (C=N–C) groups is 1. The molecule has 1 rings (SSSR count).